The second-order valence-electron chi connectivity index (χ2n) is 8.43. The summed E-state index contributed by atoms with van der Waals surface area (Å²) in [6, 6.07) is 10.9. The van der Waals surface area contributed by atoms with Gasteiger partial charge in [-0.3, -0.25) is 4.79 Å². The Bertz CT molecular complexity index is 1350. The molecule has 2 atom stereocenters. The topological polar surface area (TPSA) is 76.4 Å². The van der Waals surface area contributed by atoms with E-state index in [9.17, 15) is 31.5 Å². The fourth-order valence-electron chi connectivity index (χ4n) is 4.06. The predicted molar refractivity (Wildman–Crippen MR) is 127 cm³/mol. The van der Waals surface area contributed by atoms with Gasteiger partial charge in [-0.1, -0.05) is 51.1 Å². The van der Waals surface area contributed by atoms with Crippen molar-refractivity contribution in [1.82, 2.24) is 3.97 Å². The smallest absolute Gasteiger partial charge is 1.00 e. The Morgan fingerprint density at radius 3 is 2.29 bits per heavy atom. The van der Waals surface area contributed by atoms with Crippen molar-refractivity contribution < 1.29 is 62.5 Å². The molecule has 184 valence electrons. The molecule has 0 aliphatic heterocycles. The van der Waals surface area contributed by atoms with Crippen LogP contribution in [0, 0.1) is 0 Å². The molecule has 0 fully saturated rings. The number of hydrogen-bond acceptors (Lipinski definition) is 3. The summed E-state index contributed by atoms with van der Waals surface area (Å²) in [5, 5.41) is 8.48. The van der Waals surface area contributed by atoms with Gasteiger partial charge < -0.3 is 6.53 Å². The van der Waals surface area contributed by atoms with Gasteiger partial charge in [-0.25, -0.2) is 12.4 Å². The van der Waals surface area contributed by atoms with Gasteiger partial charge in [-0.15, -0.1) is 6.58 Å². The molecule has 1 heterocycles. The number of benzene rings is 2. The fourth-order valence-corrected chi connectivity index (χ4v) is 5.94. The van der Waals surface area contributed by atoms with E-state index in [0.717, 1.165) is 27.7 Å². The maximum absolute atomic E-state index is 13.9. The normalized spacial score (nSPS) is 13.9. The van der Waals surface area contributed by atoms with Gasteiger partial charge >= 0.3 is 41.7 Å². The summed E-state index contributed by atoms with van der Waals surface area (Å²) < 4.78 is 68.6. The number of halogens is 3. The van der Waals surface area contributed by atoms with Crippen molar-refractivity contribution in [2.24, 2.45) is 0 Å². The first-order chi connectivity index (χ1) is 15.8. The number of hydrogen-bond donors (Lipinski definition) is 1. The van der Waals surface area contributed by atoms with Crippen LogP contribution in [0.15, 0.2) is 61.2 Å². The van der Waals surface area contributed by atoms with Crippen LogP contribution < -0.4 is 29.6 Å². The maximum atomic E-state index is 13.9. The minimum Gasteiger partial charge on any atom is -1.00 e. The molecule has 2 unspecified atom stereocenters. The molecule has 2 aromatic carbocycles. The summed E-state index contributed by atoms with van der Waals surface area (Å²) in [5.41, 5.74) is 0.272. The number of alkyl halides is 3. The molecular formula is C25H27F3NNaO4S. The third-order valence-corrected chi connectivity index (χ3v) is 7.89. The van der Waals surface area contributed by atoms with Crippen LogP contribution in [-0.2, 0) is 21.0 Å². The summed E-state index contributed by atoms with van der Waals surface area (Å²) in [7, 11) is -4.34. The molecule has 0 saturated heterocycles. The summed E-state index contributed by atoms with van der Waals surface area (Å²) >= 11 is 0. The minimum absolute atomic E-state index is 0. The zero-order chi connectivity index (χ0) is 25.4. The van der Waals surface area contributed by atoms with Crippen LogP contribution in [0.1, 0.15) is 68.1 Å². The molecule has 5 nitrogen and oxygen atoms in total. The van der Waals surface area contributed by atoms with E-state index in [1.807, 2.05) is 19.9 Å². The van der Waals surface area contributed by atoms with E-state index in [1.54, 1.807) is 25.1 Å². The van der Waals surface area contributed by atoms with Crippen molar-refractivity contribution in [2.75, 3.05) is 0 Å². The standard InChI is InChI=1S/C25H26F3NO4S.Na.H/c1-5-20(24(30)31)22-14-18-13-19(25(26,27)28)10-11-21(18)29(22)34(32,33)23(6-2)17-9-7-8-16(12-17)15(3)4;;/h6-15,20,23H,2,5H2,1,3-4H3,(H,30,31);;/q;+1;-1. The maximum Gasteiger partial charge on any atom is 1.00 e. The van der Waals surface area contributed by atoms with E-state index >= 15 is 0 Å². The largest absolute Gasteiger partial charge is 1.00 e. The first-order valence-corrected chi connectivity index (χ1v) is 12.2. The van der Waals surface area contributed by atoms with Crippen molar-refractivity contribution in [2.45, 2.75) is 50.5 Å². The SMILES string of the molecule is C=CC(c1cccc(C(C)C)c1)S(=O)(=O)n1c(C(CC)C(=O)O)cc2cc(C(F)(F)F)ccc21.[H-].[Na+]. The van der Waals surface area contributed by atoms with Crippen LogP contribution in [0.5, 0.6) is 0 Å². The zero-order valence-corrected chi connectivity index (χ0v) is 22.8. The number of carbonyl (C=O) groups is 1. The first kappa shape index (κ1) is 29.2. The summed E-state index contributed by atoms with van der Waals surface area (Å²) in [6.45, 7) is 9.19. The molecule has 10 heteroatoms. The molecule has 35 heavy (non-hydrogen) atoms. The summed E-state index contributed by atoms with van der Waals surface area (Å²) in [5.74, 6) is -2.37. The van der Waals surface area contributed by atoms with Crippen LogP contribution >= 0.6 is 0 Å². The Labute approximate surface area is 226 Å². The molecule has 0 amide bonds. The van der Waals surface area contributed by atoms with Crippen LogP contribution in [0.4, 0.5) is 13.2 Å². The van der Waals surface area contributed by atoms with Crippen LogP contribution in [0.2, 0.25) is 0 Å². The van der Waals surface area contributed by atoms with Crippen molar-refractivity contribution in [3.63, 3.8) is 0 Å². The van der Waals surface area contributed by atoms with Crippen LogP contribution in [0.3, 0.4) is 0 Å². The number of rotatable bonds is 8. The molecular weight excluding hydrogens is 490 g/mol. The van der Waals surface area contributed by atoms with E-state index in [4.69, 9.17) is 0 Å². The van der Waals surface area contributed by atoms with Gasteiger partial charge in [0.05, 0.1) is 17.0 Å². The molecule has 0 aliphatic rings. The van der Waals surface area contributed by atoms with E-state index < -0.39 is 38.9 Å². The molecule has 3 aromatic rings. The summed E-state index contributed by atoms with van der Waals surface area (Å²) in [6.07, 6.45) is -3.34. The number of fused-ring (bicyclic) bond motifs is 1. The molecule has 0 bridgehead atoms. The number of carboxylic acids is 1. The molecule has 3 rings (SSSR count). The molecule has 1 aromatic heterocycles. The number of carboxylic acid groups (broad SMARTS) is 1. The van der Waals surface area contributed by atoms with E-state index in [1.165, 1.54) is 12.1 Å². The van der Waals surface area contributed by atoms with Crippen LogP contribution in [-0.4, -0.2) is 23.5 Å². The molecule has 0 spiro atoms. The average Bonchev–Trinajstić information content (AvgIpc) is 3.13. The van der Waals surface area contributed by atoms with Crippen LogP contribution in [0.25, 0.3) is 10.9 Å². The number of nitrogens with zero attached hydrogens (tertiary/aromatic N) is 1. The monoisotopic (exact) mass is 517 g/mol. The number of aliphatic carboxylic acids is 1. The Kier molecular flexibility index (Phi) is 9.08. The van der Waals surface area contributed by atoms with Crippen molar-refractivity contribution >= 4 is 26.9 Å². The molecule has 0 aliphatic carbocycles. The minimum atomic E-state index is -4.63. The molecule has 1 N–H and O–H groups in total. The van der Waals surface area contributed by atoms with Gasteiger partial charge in [-0.05, 0) is 47.7 Å². The number of aromatic nitrogens is 1. The van der Waals surface area contributed by atoms with Crippen molar-refractivity contribution in [3.05, 3.63) is 83.6 Å². The van der Waals surface area contributed by atoms with Crippen molar-refractivity contribution in [1.29, 1.82) is 0 Å². The zero-order valence-electron chi connectivity index (χ0n) is 21.0. The quantitative estimate of drug-likeness (QED) is 0.366. The fraction of sp³-hybridized carbons (Fsp3) is 0.320. The van der Waals surface area contributed by atoms with Gasteiger partial charge in [0.15, 0.2) is 0 Å². The van der Waals surface area contributed by atoms with Gasteiger partial charge in [0.1, 0.15) is 5.25 Å². The van der Waals surface area contributed by atoms with E-state index in [2.05, 4.69) is 6.58 Å². The third kappa shape index (κ3) is 5.69. The first-order valence-electron chi connectivity index (χ1n) is 10.7. The second kappa shape index (κ2) is 10.9. The van der Waals surface area contributed by atoms with E-state index in [-0.39, 0.29) is 59.9 Å². The van der Waals surface area contributed by atoms with Gasteiger partial charge in [0.25, 0.3) is 0 Å². The summed E-state index contributed by atoms with van der Waals surface area (Å²) in [4.78, 5) is 11.9. The molecule has 0 saturated carbocycles. The van der Waals surface area contributed by atoms with Gasteiger partial charge in [0, 0.05) is 11.1 Å². The predicted octanol–water partition coefficient (Wildman–Crippen LogP) is 3.58. The Hall–Kier alpha value is -2.07. The average molecular weight is 518 g/mol. The van der Waals surface area contributed by atoms with Crippen molar-refractivity contribution in [3.8, 4) is 0 Å². The Morgan fingerprint density at radius 2 is 1.77 bits per heavy atom. The Balaban J connectivity index is 0.00000324. The van der Waals surface area contributed by atoms with Gasteiger partial charge in [0.2, 0.25) is 10.0 Å². The van der Waals surface area contributed by atoms with Gasteiger partial charge in [-0.2, -0.15) is 13.2 Å². The molecule has 0 radical (unpaired) electrons. The Morgan fingerprint density at radius 1 is 1.14 bits per heavy atom. The third-order valence-electron chi connectivity index (χ3n) is 5.87. The second-order valence-corrected chi connectivity index (χ2v) is 10.3. The van der Waals surface area contributed by atoms with E-state index in [0.29, 0.717) is 5.56 Å².